The van der Waals surface area contributed by atoms with Crippen LogP contribution in [0.15, 0.2) is 29.1 Å². The zero-order chi connectivity index (χ0) is 19.0. The molecular formula is C20H21N3O3S. The minimum atomic E-state index is -1.20. The van der Waals surface area contributed by atoms with Gasteiger partial charge < -0.3 is 15.8 Å². The fraction of sp³-hybridized carbons (Fsp3) is 0.350. The maximum absolute atomic E-state index is 11.8. The second-order valence-corrected chi connectivity index (χ2v) is 8.04. The first-order valence-corrected chi connectivity index (χ1v) is 9.97. The topological polar surface area (TPSA) is 109 Å². The number of rotatable bonds is 1. The number of hydrogen-bond donors (Lipinski definition) is 3. The van der Waals surface area contributed by atoms with Crippen LogP contribution in [-0.4, -0.2) is 21.0 Å². The second-order valence-electron chi connectivity index (χ2n) is 6.95. The van der Waals surface area contributed by atoms with Crippen molar-refractivity contribution in [3.8, 4) is 0 Å². The van der Waals surface area contributed by atoms with Crippen molar-refractivity contribution in [3.63, 3.8) is 0 Å². The Balaban J connectivity index is 0.000000143. The van der Waals surface area contributed by atoms with Gasteiger partial charge in [-0.15, -0.1) is 11.3 Å². The highest BCUT2D eigenvalue weighted by atomic mass is 32.1. The Morgan fingerprint density at radius 2 is 2.04 bits per heavy atom. The van der Waals surface area contributed by atoms with Crippen molar-refractivity contribution < 1.29 is 9.90 Å². The van der Waals surface area contributed by atoms with Crippen LogP contribution in [0.2, 0.25) is 0 Å². The van der Waals surface area contributed by atoms with Crippen LogP contribution < -0.4 is 11.3 Å². The minimum absolute atomic E-state index is 0.280. The largest absolute Gasteiger partial charge is 0.475 e. The van der Waals surface area contributed by atoms with Crippen molar-refractivity contribution in [1.29, 1.82) is 0 Å². The number of H-pyrrole nitrogens is 1. The van der Waals surface area contributed by atoms with Gasteiger partial charge in [0, 0.05) is 10.9 Å². The molecule has 0 unspecified atom stereocenters. The number of benzene rings is 1. The highest BCUT2D eigenvalue weighted by Crippen LogP contribution is 2.34. The second kappa shape index (κ2) is 7.25. The molecule has 140 valence electrons. The van der Waals surface area contributed by atoms with Crippen LogP contribution in [0.5, 0.6) is 0 Å². The number of hydrogen-bond acceptors (Lipinski definition) is 5. The highest BCUT2D eigenvalue weighted by Gasteiger charge is 2.22. The normalized spacial score (nSPS) is 17.7. The van der Waals surface area contributed by atoms with Crippen molar-refractivity contribution in [2.45, 2.75) is 44.6 Å². The lowest BCUT2D eigenvalue weighted by Gasteiger charge is -2.21. The van der Waals surface area contributed by atoms with Gasteiger partial charge >= 0.3 is 5.97 Å². The molecule has 1 aromatic carbocycles. The molecule has 27 heavy (non-hydrogen) atoms. The number of nitrogens with zero attached hydrogens (tertiary/aromatic N) is 1. The molecule has 0 spiro atoms. The number of carboxylic acids is 1. The first-order chi connectivity index (χ1) is 13.0. The summed E-state index contributed by atoms with van der Waals surface area (Å²) >= 11 is 1.44. The monoisotopic (exact) mass is 383 g/mol. The first kappa shape index (κ1) is 17.9. The van der Waals surface area contributed by atoms with Crippen LogP contribution >= 0.6 is 11.3 Å². The van der Waals surface area contributed by atoms with Gasteiger partial charge in [0.05, 0.1) is 5.39 Å². The molecule has 6 nitrogen and oxygen atoms in total. The molecule has 0 fully saturated rings. The summed E-state index contributed by atoms with van der Waals surface area (Å²) < 4.78 is 0. The molecule has 0 amide bonds. The molecule has 7 heteroatoms. The van der Waals surface area contributed by atoms with Gasteiger partial charge in [0.2, 0.25) is 5.82 Å². The summed E-state index contributed by atoms with van der Waals surface area (Å²) in [5, 5.41) is 9.37. The summed E-state index contributed by atoms with van der Waals surface area (Å²) in [5.41, 5.74) is 9.49. The lowest BCUT2D eigenvalue weighted by molar-refractivity contribution is 0.0683. The number of aromatic amines is 1. The molecule has 2 aliphatic rings. The highest BCUT2D eigenvalue weighted by molar-refractivity contribution is 7.18. The smallest absolute Gasteiger partial charge is 0.372 e. The fourth-order valence-electron chi connectivity index (χ4n) is 3.90. The van der Waals surface area contributed by atoms with Gasteiger partial charge in [0.25, 0.3) is 5.56 Å². The molecular weight excluding hydrogens is 362 g/mol. The molecule has 0 bridgehead atoms. The van der Waals surface area contributed by atoms with E-state index in [2.05, 4.69) is 34.2 Å². The quantitative estimate of drug-likeness (QED) is 0.598. The average molecular weight is 383 g/mol. The van der Waals surface area contributed by atoms with Gasteiger partial charge in [0.1, 0.15) is 4.83 Å². The van der Waals surface area contributed by atoms with Crippen LogP contribution in [0.4, 0.5) is 0 Å². The predicted octanol–water partition coefficient (Wildman–Crippen LogP) is 3.19. The van der Waals surface area contributed by atoms with E-state index in [4.69, 9.17) is 10.8 Å². The van der Waals surface area contributed by atoms with Gasteiger partial charge in [-0.2, -0.15) is 0 Å². The summed E-state index contributed by atoms with van der Waals surface area (Å²) in [6.45, 7) is 0. The molecule has 0 saturated carbocycles. The number of nitrogens with one attached hydrogen (secondary N) is 1. The average Bonchev–Trinajstić information content (AvgIpc) is 3.23. The van der Waals surface area contributed by atoms with Crippen LogP contribution in [0.25, 0.3) is 10.2 Å². The maximum atomic E-state index is 11.8. The maximum Gasteiger partial charge on any atom is 0.372 e. The molecule has 0 radical (unpaired) electrons. The Labute approximate surface area is 160 Å². The third-order valence-corrected chi connectivity index (χ3v) is 6.38. The minimum Gasteiger partial charge on any atom is -0.475 e. The molecule has 3 aromatic rings. The molecule has 0 aliphatic heterocycles. The Morgan fingerprint density at radius 3 is 2.81 bits per heavy atom. The molecule has 2 aliphatic carbocycles. The summed E-state index contributed by atoms with van der Waals surface area (Å²) in [5.74, 6) is -1.48. The number of thiophene rings is 1. The van der Waals surface area contributed by atoms with Crippen molar-refractivity contribution >= 4 is 27.5 Å². The number of aromatic carboxylic acids is 1. The van der Waals surface area contributed by atoms with E-state index in [-0.39, 0.29) is 11.4 Å². The number of nitrogens with two attached hydrogens (primary N) is 1. The van der Waals surface area contributed by atoms with Gasteiger partial charge in [-0.1, -0.05) is 24.3 Å². The zero-order valence-electron chi connectivity index (χ0n) is 14.8. The third kappa shape index (κ3) is 3.40. The Hall–Kier alpha value is -2.51. The Morgan fingerprint density at radius 1 is 1.22 bits per heavy atom. The van der Waals surface area contributed by atoms with Crippen LogP contribution in [0.1, 0.15) is 57.5 Å². The standard InChI is InChI=1S/C10H8N2O3S.C10H13N/c13-8-6-4-2-1-3-5(4)16-9(6)12-7(11-8)10(14)15;11-10-7-3-5-8-4-1-2-6-9(8)10/h1-3H2,(H,14,15)(H,11,12,13);1-2,4,6,10H,3,5,7,11H2/t;10-/m.1/s1. The third-order valence-electron chi connectivity index (χ3n) is 5.19. The van der Waals surface area contributed by atoms with Gasteiger partial charge in [-0.25, -0.2) is 9.78 Å². The van der Waals surface area contributed by atoms with E-state index in [0.29, 0.717) is 16.3 Å². The van der Waals surface area contributed by atoms with Gasteiger partial charge in [0.15, 0.2) is 0 Å². The van der Waals surface area contributed by atoms with E-state index < -0.39 is 5.97 Å². The predicted molar refractivity (Wildman–Crippen MR) is 106 cm³/mol. The number of aryl methyl sites for hydroxylation is 3. The molecule has 4 N–H and O–H groups in total. The van der Waals surface area contributed by atoms with E-state index in [1.54, 1.807) is 0 Å². The van der Waals surface area contributed by atoms with Gasteiger partial charge in [-0.05, 0) is 55.2 Å². The van der Waals surface area contributed by atoms with Crippen molar-refractivity contribution in [2.24, 2.45) is 5.73 Å². The number of carbonyl (C=O) groups is 1. The van der Waals surface area contributed by atoms with Crippen molar-refractivity contribution in [3.05, 3.63) is 62.0 Å². The van der Waals surface area contributed by atoms with Crippen LogP contribution in [-0.2, 0) is 19.3 Å². The SMILES string of the molecule is N[C@@H]1CCCc2ccccc21.O=C(O)c1nc2sc3c(c2c(=O)[nH]1)CCC3. The Kier molecular flexibility index (Phi) is 4.80. The van der Waals surface area contributed by atoms with E-state index >= 15 is 0 Å². The van der Waals surface area contributed by atoms with Crippen LogP contribution in [0, 0.1) is 0 Å². The lowest BCUT2D eigenvalue weighted by atomic mass is 9.88. The molecule has 1 atom stereocenters. The van der Waals surface area contributed by atoms with Crippen molar-refractivity contribution in [1.82, 2.24) is 9.97 Å². The van der Waals surface area contributed by atoms with Gasteiger partial charge in [-0.3, -0.25) is 4.79 Å². The number of aromatic nitrogens is 2. The summed E-state index contributed by atoms with van der Waals surface area (Å²) in [7, 11) is 0. The number of carboxylic acid groups (broad SMARTS) is 1. The first-order valence-electron chi connectivity index (χ1n) is 9.16. The molecule has 0 saturated heterocycles. The molecule has 2 heterocycles. The fourth-order valence-corrected chi connectivity index (χ4v) is 5.16. The van der Waals surface area contributed by atoms with E-state index in [0.717, 1.165) is 31.2 Å². The molecule has 2 aromatic heterocycles. The summed E-state index contributed by atoms with van der Waals surface area (Å²) in [6.07, 6.45) is 6.54. The summed E-state index contributed by atoms with van der Waals surface area (Å²) in [6, 6.07) is 8.80. The number of fused-ring (bicyclic) bond motifs is 4. The van der Waals surface area contributed by atoms with E-state index in [9.17, 15) is 9.59 Å². The molecule has 5 rings (SSSR count). The Bertz CT molecular complexity index is 1070. The zero-order valence-corrected chi connectivity index (χ0v) is 15.6. The van der Waals surface area contributed by atoms with E-state index in [1.165, 1.54) is 40.2 Å². The van der Waals surface area contributed by atoms with Crippen molar-refractivity contribution in [2.75, 3.05) is 0 Å². The van der Waals surface area contributed by atoms with Crippen LogP contribution in [0.3, 0.4) is 0 Å². The van der Waals surface area contributed by atoms with E-state index in [1.807, 2.05) is 0 Å². The lowest BCUT2D eigenvalue weighted by Crippen LogP contribution is -2.16. The summed E-state index contributed by atoms with van der Waals surface area (Å²) in [4.78, 5) is 30.5.